The summed E-state index contributed by atoms with van der Waals surface area (Å²) in [6, 6.07) is 0. The molecule has 0 unspecified atom stereocenters. The number of carbonyl (C=O) groups is 1. The smallest absolute Gasteiger partial charge is 0.550 e. The number of rotatable bonds is 28. The van der Waals surface area contributed by atoms with E-state index in [1.54, 1.807) is 0 Å². The summed E-state index contributed by atoms with van der Waals surface area (Å²) in [7, 11) is 0. The van der Waals surface area contributed by atoms with Crippen LogP contribution in [-0.2, 0) is 4.79 Å². The van der Waals surface area contributed by atoms with Gasteiger partial charge in [0.2, 0.25) is 0 Å². The first-order valence-electron chi connectivity index (χ1n) is 15.0. The van der Waals surface area contributed by atoms with E-state index in [4.69, 9.17) is 0 Å². The van der Waals surface area contributed by atoms with Gasteiger partial charge in [-0.05, 0) is 12.8 Å². The van der Waals surface area contributed by atoms with Gasteiger partial charge in [-0.3, -0.25) is 0 Å². The van der Waals surface area contributed by atoms with E-state index in [2.05, 4.69) is 6.92 Å². The van der Waals surface area contributed by atoms with Gasteiger partial charge in [0.25, 0.3) is 0 Å². The van der Waals surface area contributed by atoms with Crippen molar-refractivity contribution in [2.45, 2.75) is 187 Å². The molecule has 0 saturated carbocycles. The molecule has 0 aromatic heterocycles. The summed E-state index contributed by atoms with van der Waals surface area (Å²) in [5.41, 5.74) is 0. The SMILES string of the molecule is CCCCCCCCCCCCCCCCCCCCCCCCCCCCCC(=O)[O-].[K+]. The maximum absolute atomic E-state index is 10.3. The number of unbranched alkanes of at least 4 members (excludes halogenated alkanes) is 26. The molecular formula is C30H59KO2. The van der Waals surface area contributed by atoms with E-state index < -0.39 is 5.97 Å². The molecule has 0 N–H and O–H groups in total. The Bertz CT molecular complexity index is 359. The van der Waals surface area contributed by atoms with Crippen molar-refractivity contribution in [1.29, 1.82) is 0 Å². The van der Waals surface area contributed by atoms with Crippen molar-refractivity contribution in [2.75, 3.05) is 0 Å². The van der Waals surface area contributed by atoms with Crippen LogP contribution in [0.2, 0.25) is 0 Å². The van der Waals surface area contributed by atoms with Crippen LogP contribution in [0.1, 0.15) is 187 Å². The number of hydrogen-bond acceptors (Lipinski definition) is 2. The van der Waals surface area contributed by atoms with Gasteiger partial charge in [-0.1, -0.05) is 174 Å². The third-order valence-corrected chi connectivity index (χ3v) is 6.98. The number of carboxylic acid groups (broad SMARTS) is 1. The second kappa shape index (κ2) is 33.1. The van der Waals surface area contributed by atoms with E-state index in [0.29, 0.717) is 0 Å². The Morgan fingerprint density at radius 1 is 0.394 bits per heavy atom. The third kappa shape index (κ3) is 35.3. The Balaban J connectivity index is 0. The van der Waals surface area contributed by atoms with E-state index >= 15 is 0 Å². The Kier molecular flexibility index (Phi) is 36.4. The molecule has 0 radical (unpaired) electrons. The third-order valence-electron chi connectivity index (χ3n) is 6.98. The topological polar surface area (TPSA) is 40.1 Å². The summed E-state index contributed by atoms with van der Waals surface area (Å²) in [6.07, 6.45) is 37.6. The van der Waals surface area contributed by atoms with Gasteiger partial charge in [0.1, 0.15) is 0 Å². The van der Waals surface area contributed by atoms with Crippen molar-refractivity contribution in [3.05, 3.63) is 0 Å². The van der Waals surface area contributed by atoms with Gasteiger partial charge < -0.3 is 9.90 Å². The Morgan fingerprint density at radius 3 is 0.758 bits per heavy atom. The van der Waals surface area contributed by atoms with Crippen LogP contribution in [0, 0.1) is 0 Å². The molecule has 0 bridgehead atoms. The fourth-order valence-corrected chi connectivity index (χ4v) is 4.76. The summed E-state index contributed by atoms with van der Waals surface area (Å²) in [6.45, 7) is 2.30. The van der Waals surface area contributed by atoms with Crippen LogP contribution in [0.5, 0.6) is 0 Å². The molecule has 0 aliphatic carbocycles. The monoisotopic (exact) mass is 490 g/mol. The molecule has 33 heavy (non-hydrogen) atoms. The predicted octanol–water partition coefficient (Wildman–Crippen LogP) is 6.68. The van der Waals surface area contributed by atoms with Crippen LogP contribution in [-0.4, -0.2) is 5.97 Å². The average Bonchev–Trinajstić information content (AvgIpc) is 2.78. The summed E-state index contributed by atoms with van der Waals surface area (Å²) in [5.74, 6) is -0.899. The molecule has 2 nitrogen and oxygen atoms in total. The summed E-state index contributed by atoms with van der Waals surface area (Å²) in [4.78, 5) is 10.3. The molecule has 0 fully saturated rings. The molecule has 0 atom stereocenters. The summed E-state index contributed by atoms with van der Waals surface area (Å²) in [5, 5.41) is 10.3. The van der Waals surface area contributed by atoms with E-state index in [0.717, 1.165) is 12.8 Å². The maximum atomic E-state index is 10.3. The molecule has 192 valence electrons. The molecule has 0 saturated heterocycles. The first kappa shape index (κ1) is 36.3. The Morgan fingerprint density at radius 2 is 0.576 bits per heavy atom. The van der Waals surface area contributed by atoms with Gasteiger partial charge in [-0.25, -0.2) is 0 Å². The molecule has 0 spiro atoms. The standard InChI is InChI=1S/C30H60O2.K/c1-2-3-4-5-6-7-8-9-10-11-12-13-14-15-16-17-18-19-20-21-22-23-24-25-26-27-28-29-30(31)32;/h2-29H2,1H3,(H,31,32);/q;+1/p-1. The molecule has 0 heterocycles. The second-order valence-electron chi connectivity index (χ2n) is 10.3. The number of hydrogen-bond donors (Lipinski definition) is 0. The minimum absolute atomic E-state index is 0. The van der Waals surface area contributed by atoms with Crippen LogP contribution in [0.4, 0.5) is 0 Å². The normalized spacial score (nSPS) is 10.9. The largest absolute Gasteiger partial charge is 1.00 e. The first-order chi connectivity index (χ1) is 15.8. The van der Waals surface area contributed by atoms with Crippen LogP contribution in [0.25, 0.3) is 0 Å². The molecule has 0 rings (SSSR count). The van der Waals surface area contributed by atoms with Gasteiger partial charge in [0.05, 0.1) is 0 Å². The van der Waals surface area contributed by atoms with Crippen molar-refractivity contribution in [2.24, 2.45) is 0 Å². The number of carboxylic acids is 1. The zero-order chi connectivity index (χ0) is 23.4. The van der Waals surface area contributed by atoms with Gasteiger partial charge in [0.15, 0.2) is 0 Å². The van der Waals surface area contributed by atoms with Crippen LogP contribution in [0.15, 0.2) is 0 Å². The fourth-order valence-electron chi connectivity index (χ4n) is 4.76. The van der Waals surface area contributed by atoms with Crippen LogP contribution in [0.3, 0.4) is 0 Å². The molecule has 0 aromatic carbocycles. The fraction of sp³-hybridized carbons (Fsp3) is 0.967. The maximum Gasteiger partial charge on any atom is 1.00 e. The number of carbonyl (C=O) groups excluding carboxylic acids is 1. The Hall–Kier alpha value is 1.11. The molecule has 0 aromatic rings. The molecular weight excluding hydrogens is 431 g/mol. The molecule has 0 amide bonds. The van der Waals surface area contributed by atoms with E-state index in [-0.39, 0.29) is 57.8 Å². The van der Waals surface area contributed by atoms with Crippen molar-refractivity contribution in [3.63, 3.8) is 0 Å². The van der Waals surface area contributed by atoms with Crippen molar-refractivity contribution >= 4 is 5.97 Å². The quantitative estimate of drug-likeness (QED) is 0.0906. The van der Waals surface area contributed by atoms with Crippen LogP contribution >= 0.6 is 0 Å². The molecule has 0 aliphatic rings. The first-order valence-corrected chi connectivity index (χ1v) is 15.0. The van der Waals surface area contributed by atoms with Gasteiger partial charge in [0, 0.05) is 5.97 Å². The zero-order valence-corrected chi connectivity index (χ0v) is 26.2. The average molecular weight is 491 g/mol. The van der Waals surface area contributed by atoms with Crippen LogP contribution < -0.4 is 56.5 Å². The predicted molar refractivity (Wildman–Crippen MR) is 140 cm³/mol. The van der Waals surface area contributed by atoms with Crippen molar-refractivity contribution in [1.82, 2.24) is 0 Å². The molecule has 3 heteroatoms. The van der Waals surface area contributed by atoms with Gasteiger partial charge >= 0.3 is 51.4 Å². The van der Waals surface area contributed by atoms with Crippen molar-refractivity contribution in [3.8, 4) is 0 Å². The van der Waals surface area contributed by atoms with E-state index in [1.807, 2.05) is 0 Å². The van der Waals surface area contributed by atoms with E-state index in [1.165, 1.54) is 161 Å². The second-order valence-corrected chi connectivity index (χ2v) is 10.3. The molecule has 0 aliphatic heterocycles. The van der Waals surface area contributed by atoms with Crippen molar-refractivity contribution < 1.29 is 61.3 Å². The minimum Gasteiger partial charge on any atom is -0.550 e. The summed E-state index contributed by atoms with van der Waals surface area (Å²) >= 11 is 0. The van der Waals surface area contributed by atoms with E-state index in [9.17, 15) is 9.90 Å². The van der Waals surface area contributed by atoms with Gasteiger partial charge in [-0.2, -0.15) is 0 Å². The summed E-state index contributed by atoms with van der Waals surface area (Å²) < 4.78 is 0. The van der Waals surface area contributed by atoms with Gasteiger partial charge in [-0.15, -0.1) is 0 Å². The number of aliphatic carboxylic acids is 1. The Labute approximate surface area is 251 Å². The zero-order valence-electron chi connectivity index (χ0n) is 23.1. The minimum atomic E-state index is -0.899.